The van der Waals surface area contributed by atoms with E-state index < -0.39 is 7.60 Å². The highest BCUT2D eigenvalue weighted by Gasteiger charge is 2.53. The van der Waals surface area contributed by atoms with Crippen LogP contribution in [0.3, 0.4) is 0 Å². The quantitative estimate of drug-likeness (QED) is 0.659. The summed E-state index contributed by atoms with van der Waals surface area (Å²) in [6, 6.07) is 0. The summed E-state index contributed by atoms with van der Waals surface area (Å²) in [6.07, 6.45) is 5.68. The van der Waals surface area contributed by atoms with Crippen LogP contribution in [0.1, 0.15) is 32.1 Å². The Morgan fingerprint density at radius 2 is 1.29 bits per heavy atom. The third-order valence-corrected chi connectivity index (χ3v) is 6.19. The van der Waals surface area contributed by atoms with Gasteiger partial charge in [-0.25, -0.2) is 0 Å². The zero-order valence-corrected chi connectivity index (χ0v) is 9.07. The van der Waals surface area contributed by atoms with E-state index in [1.54, 1.807) is 0 Å². The van der Waals surface area contributed by atoms with Crippen LogP contribution >= 0.6 is 7.60 Å². The van der Waals surface area contributed by atoms with Crippen molar-refractivity contribution in [3.05, 3.63) is 0 Å². The van der Waals surface area contributed by atoms with E-state index in [0.29, 0.717) is 11.8 Å². The average Bonchev–Trinajstić information content (AvgIpc) is 1.97. The van der Waals surface area contributed by atoms with Crippen LogP contribution in [0.4, 0.5) is 0 Å². The van der Waals surface area contributed by atoms with Gasteiger partial charge in [0.05, 0.1) is 5.66 Å². The van der Waals surface area contributed by atoms with E-state index in [9.17, 15) is 14.4 Å². The van der Waals surface area contributed by atoms with Gasteiger partial charge >= 0.3 is 7.60 Å². The summed E-state index contributed by atoms with van der Waals surface area (Å²) in [6.45, 7) is 0. The summed E-state index contributed by atoms with van der Waals surface area (Å²) in [5.41, 5.74) is -0.282. The van der Waals surface area contributed by atoms with Gasteiger partial charge in [0.1, 0.15) is 0 Å². The van der Waals surface area contributed by atoms with Crippen molar-refractivity contribution in [1.82, 2.24) is 0 Å². The second kappa shape index (κ2) is 2.84. The van der Waals surface area contributed by atoms with Gasteiger partial charge in [-0.3, -0.25) is 4.57 Å². The first kappa shape index (κ1) is 9.38. The minimum Gasteiger partial charge on any atom is -0.324 e. The molecule has 0 aromatic rings. The Kier molecular flexibility index (Phi) is 1.90. The van der Waals surface area contributed by atoms with Gasteiger partial charge < -0.3 is 9.79 Å². The zero-order chi connectivity index (χ0) is 9.92. The fraction of sp³-hybridized carbons (Fsp3) is 1.00. The van der Waals surface area contributed by atoms with Gasteiger partial charge in [0.15, 0.2) is 0 Å². The number of rotatable bonds is 1. The lowest BCUT2D eigenvalue weighted by molar-refractivity contribution is 0.0164. The van der Waals surface area contributed by atoms with Gasteiger partial charge in [-0.2, -0.15) is 0 Å². The standard InChI is InChI=1S/C10H17O3P/c11-14(12,13)10-8-2-6-1-7(4-8)5-9(10)3-6/h6-10H,1-5H2,(H2,11,12,13). The van der Waals surface area contributed by atoms with Gasteiger partial charge in [-0.1, -0.05) is 0 Å². The molecule has 2 N–H and O–H groups in total. The molecule has 4 heteroatoms. The Morgan fingerprint density at radius 3 is 1.64 bits per heavy atom. The highest BCUT2D eigenvalue weighted by atomic mass is 31.2. The molecule has 4 rings (SSSR count). The Bertz CT molecular complexity index is 268. The van der Waals surface area contributed by atoms with Gasteiger partial charge in [-0.15, -0.1) is 0 Å². The second-order valence-corrected chi connectivity index (χ2v) is 7.28. The monoisotopic (exact) mass is 216 g/mol. The summed E-state index contributed by atoms with van der Waals surface area (Å²) in [4.78, 5) is 18.7. The molecule has 4 fully saturated rings. The van der Waals surface area contributed by atoms with Gasteiger partial charge in [0.2, 0.25) is 0 Å². The predicted molar refractivity (Wildman–Crippen MR) is 52.9 cm³/mol. The Labute approximate surface area is 84.1 Å². The van der Waals surface area contributed by atoms with Crippen molar-refractivity contribution >= 4 is 7.60 Å². The molecule has 0 amide bonds. The highest BCUT2D eigenvalue weighted by molar-refractivity contribution is 7.52. The minimum absolute atomic E-state index is 0.282. The SMILES string of the molecule is O=P(O)(O)C1C2CC3CC(C2)CC1C3. The molecule has 0 aromatic carbocycles. The van der Waals surface area contributed by atoms with E-state index in [2.05, 4.69) is 0 Å². The van der Waals surface area contributed by atoms with Crippen molar-refractivity contribution in [1.29, 1.82) is 0 Å². The molecule has 0 aliphatic heterocycles. The molecule has 4 aliphatic carbocycles. The maximum atomic E-state index is 11.4. The van der Waals surface area contributed by atoms with Crippen LogP contribution in [0.15, 0.2) is 0 Å². The van der Waals surface area contributed by atoms with Crippen LogP contribution in [0.2, 0.25) is 0 Å². The lowest BCUT2D eigenvalue weighted by Gasteiger charge is -2.54. The molecule has 0 aromatic heterocycles. The molecular weight excluding hydrogens is 199 g/mol. The molecule has 14 heavy (non-hydrogen) atoms. The van der Waals surface area contributed by atoms with Crippen LogP contribution < -0.4 is 0 Å². The van der Waals surface area contributed by atoms with E-state index in [0.717, 1.165) is 37.5 Å². The largest absolute Gasteiger partial charge is 0.329 e. The zero-order valence-electron chi connectivity index (χ0n) is 8.17. The Morgan fingerprint density at radius 1 is 0.857 bits per heavy atom. The Hall–Kier alpha value is 0.150. The predicted octanol–water partition coefficient (Wildman–Crippen LogP) is 1.99. The summed E-state index contributed by atoms with van der Waals surface area (Å²) in [5, 5.41) is 0. The van der Waals surface area contributed by atoms with E-state index in [1.165, 1.54) is 6.42 Å². The molecule has 3 nitrogen and oxygen atoms in total. The minimum atomic E-state index is -3.82. The maximum Gasteiger partial charge on any atom is 0.329 e. The molecule has 4 aliphatic rings. The molecule has 4 bridgehead atoms. The van der Waals surface area contributed by atoms with E-state index >= 15 is 0 Å². The molecule has 0 atom stereocenters. The third kappa shape index (κ3) is 1.30. The topological polar surface area (TPSA) is 57.5 Å². The normalized spacial score (nSPS) is 51.1. The fourth-order valence-corrected chi connectivity index (χ4v) is 6.03. The van der Waals surface area contributed by atoms with Crippen molar-refractivity contribution in [2.45, 2.75) is 37.8 Å². The van der Waals surface area contributed by atoms with Crippen molar-refractivity contribution in [3.8, 4) is 0 Å². The van der Waals surface area contributed by atoms with Gasteiger partial charge in [-0.05, 0) is 55.8 Å². The molecule has 0 unspecified atom stereocenters. The van der Waals surface area contributed by atoms with Crippen LogP contribution in [-0.4, -0.2) is 15.4 Å². The number of hydrogen-bond acceptors (Lipinski definition) is 1. The first-order valence-corrected chi connectivity index (χ1v) is 7.27. The third-order valence-electron chi connectivity index (χ3n) is 4.57. The highest BCUT2D eigenvalue weighted by Crippen LogP contribution is 2.63. The van der Waals surface area contributed by atoms with Crippen molar-refractivity contribution in [3.63, 3.8) is 0 Å². The van der Waals surface area contributed by atoms with Gasteiger partial charge in [0.25, 0.3) is 0 Å². The summed E-state index contributed by atoms with van der Waals surface area (Å²) in [5.74, 6) is 2.26. The van der Waals surface area contributed by atoms with E-state index in [1.807, 2.05) is 0 Å². The van der Waals surface area contributed by atoms with Crippen LogP contribution in [-0.2, 0) is 4.57 Å². The lowest BCUT2D eigenvalue weighted by atomic mass is 9.56. The maximum absolute atomic E-state index is 11.4. The van der Waals surface area contributed by atoms with Crippen LogP contribution in [0, 0.1) is 23.7 Å². The van der Waals surface area contributed by atoms with Crippen molar-refractivity contribution < 1.29 is 14.4 Å². The van der Waals surface area contributed by atoms with Gasteiger partial charge in [0, 0.05) is 0 Å². The molecule has 0 spiro atoms. The van der Waals surface area contributed by atoms with E-state index in [-0.39, 0.29) is 5.66 Å². The fourth-order valence-electron chi connectivity index (χ4n) is 4.45. The molecule has 4 saturated carbocycles. The summed E-state index contributed by atoms with van der Waals surface area (Å²) >= 11 is 0. The Balaban J connectivity index is 1.92. The molecule has 0 radical (unpaired) electrons. The first-order chi connectivity index (χ1) is 6.54. The first-order valence-electron chi connectivity index (χ1n) is 5.59. The summed E-state index contributed by atoms with van der Waals surface area (Å²) in [7, 11) is -3.82. The smallest absolute Gasteiger partial charge is 0.324 e. The second-order valence-electron chi connectivity index (χ2n) is 5.51. The van der Waals surface area contributed by atoms with Crippen molar-refractivity contribution in [2.75, 3.05) is 0 Å². The molecule has 80 valence electrons. The lowest BCUT2D eigenvalue weighted by Crippen LogP contribution is -2.47. The summed E-state index contributed by atoms with van der Waals surface area (Å²) < 4.78 is 11.4. The van der Waals surface area contributed by atoms with Crippen LogP contribution in [0.25, 0.3) is 0 Å². The van der Waals surface area contributed by atoms with Crippen molar-refractivity contribution in [2.24, 2.45) is 23.7 Å². The average molecular weight is 216 g/mol. The number of hydrogen-bond donors (Lipinski definition) is 2. The molecule has 0 heterocycles. The molecular formula is C10H17O3P. The van der Waals surface area contributed by atoms with Crippen LogP contribution in [0.5, 0.6) is 0 Å². The molecule has 0 saturated heterocycles. The van der Waals surface area contributed by atoms with E-state index in [4.69, 9.17) is 0 Å².